The number of nitrogens with zero attached hydrogens (tertiary/aromatic N) is 1. The number of nitrogens with one attached hydrogen (secondary N) is 1. The number of rotatable bonds is 3. The summed E-state index contributed by atoms with van der Waals surface area (Å²) in [4.78, 5) is 3.94. The zero-order valence-electron chi connectivity index (χ0n) is 7.83. The maximum absolute atomic E-state index is 5.56. The molecule has 2 unspecified atom stereocenters. The number of nitrogens with two attached hydrogens (primary N) is 1. The molecule has 0 amide bonds. The molecule has 2 atom stereocenters. The molecule has 2 rings (SSSR count). The topological polar surface area (TPSA) is 50.9 Å². The molecule has 0 spiro atoms. The van der Waals surface area contributed by atoms with E-state index in [9.17, 15) is 0 Å². The molecule has 3 N–H and O–H groups in total. The molecule has 0 radical (unpaired) electrons. The van der Waals surface area contributed by atoms with Crippen molar-refractivity contribution in [2.75, 3.05) is 17.6 Å². The van der Waals surface area contributed by atoms with Crippen LogP contribution in [0.25, 0.3) is 0 Å². The Bertz CT molecular complexity index is 298. The quantitative estimate of drug-likeness (QED) is 0.739. The summed E-state index contributed by atoms with van der Waals surface area (Å²) in [6, 6.07) is 3.82. The summed E-state index contributed by atoms with van der Waals surface area (Å²) in [5.41, 5.74) is 6.63. The zero-order valence-corrected chi connectivity index (χ0v) is 7.83. The van der Waals surface area contributed by atoms with E-state index < -0.39 is 0 Å². The van der Waals surface area contributed by atoms with Gasteiger partial charge in [-0.1, -0.05) is 6.92 Å². The summed E-state index contributed by atoms with van der Waals surface area (Å²) < 4.78 is 0. The van der Waals surface area contributed by atoms with Gasteiger partial charge in [-0.3, -0.25) is 0 Å². The van der Waals surface area contributed by atoms with E-state index in [1.165, 1.54) is 6.42 Å². The van der Waals surface area contributed by atoms with Crippen molar-refractivity contribution >= 4 is 11.5 Å². The summed E-state index contributed by atoms with van der Waals surface area (Å²) in [5.74, 6) is 2.33. The lowest BCUT2D eigenvalue weighted by Gasteiger charge is -2.05. The predicted octanol–water partition coefficient (Wildman–Crippen LogP) is 1.73. The summed E-state index contributed by atoms with van der Waals surface area (Å²) in [6.07, 6.45) is 3.08. The molecule has 1 aromatic heterocycles. The largest absolute Gasteiger partial charge is 0.385 e. The fourth-order valence-electron chi connectivity index (χ4n) is 1.49. The summed E-state index contributed by atoms with van der Waals surface area (Å²) in [6.45, 7) is 3.35. The van der Waals surface area contributed by atoms with Crippen molar-refractivity contribution in [1.82, 2.24) is 4.98 Å². The number of hydrogen-bond acceptors (Lipinski definition) is 3. The van der Waals surface area contributed by atoms with Crippen LogP contribution in [0.1, 0.15) is 13.3 Å². The second kappa shape index (κ2) is 3.24. The minimum atomic E-state index is 0.578. The Kier molecular flexibility index (Phi) is 2.08. The molecule has 1 aliphatic rings. The van der Waals surface area contributed by atoms with Gasteiger partial charge in [0, 0.05) is 24.5 Å². The van der Waals surface area contributed by atoms with Crippen LogP contribution in [0.15, 0.2) is 18.3 Å². The lowest BCUT2D eigenvalue weighted by atomic mass is 10.3. The molecule has 0 aliphatic heterocycles. The Morgan fingerprint density at radius 1 is 1.69 bits per heavy atom. The van der Waals surface area contributed by atoms with Gasteiger partial charge in [0.05, 0.1) is 0 Å². The van der Waals surface area contributed by atoms with Crippen LogP contribution in [0.3, 0.4) is 0 Å². The summed E-state index contributed by atoms with van der Waals surface area (Å²) in [5, 5.41) is 3.36. The predicted molar refractivity (Wildman–Crippen MR) is 54.4 cm³/mol. The molecule has 1 heterocycles. The van der Waals surface area contributed by atoms with Gasteiger partial charge in [-0.15, -0.1) is 0 Å². The molecule has 0 saturated heterocycles. The molecule has 1 saturated carbocycles. The number of pyridine rings is 1. The maximum Gasteiger partial charge on any atom is 0.125 e. The Hall–Kier alpha value is -1.25. The van der Waals surface area contributed by atoms with Crippen molar-refractivity contribution in [3.05, 3.63) is 18.3 Å². The third-order valence-corrected chi connectivity index (χ3v) is 2.63. The third-order valence-electron chi connectivity index (χ3n) is 2.63. The van der Waals surface area contributed by atoms with Gasteiger partial charge in [0.1, 0.15) is 5.82 Å². The molecular weight excluding hydrogens is 162 g/mol. The second-order valence-corrected chi connectivity index (χ2v) is 3.82. The van der Waals surface area contributed by atoms with E-state index in [0.29, 0.717) is 5.82 Å². The Labute approximate surface area is 78.4 Å². The highest BCUT2D eigenvalue weighted by molar-refractivity contribution is 5.49. The van der Waals surface area contributed by atoms with Crippen LogP contribution < -0.4 is 11.1 Å². The lowest BCUT2D eigenvalue weighted by Crippen LogP contribution is -2.04. The molecule has 1 aliphatic carbocycles. The van der Waals surface area contributed by atoms with Gasteiger partial charge in [0.2, 0.25) is 0 Å². The molecule has 70 valence electrons. The second-order valence-electron chi connectivity index (χ2n) is 3.82. The van der Waals surface area contributed by atoms with Crippen LogP contribution in [-0.2, 0) is 0 Å². The zero-order chi connectivity index (χ0) is 9.26. The van der Waals surface area contributed by atoms with Crippen molar-refractivity contribution in [2.45, 2.75) is 13.3 Å². The SMILES string of the molecule is CC1CC1CNc1ccnc(N)c1. The van der Waals surface area contributed by atoms with Crippen molar-refractivity contribution in [2.24, 2.45) is 11.8 Å². The number of aromatic nitrogens is 1. The smallest absolute Gasteiger partial charge is 0.125 e. The van der Waals surface area contributed by atoms with E-state index >= 15 is 0 Å². The van der Waals surface area contributed by atoms with Crippen LogP contribution in [0.4, 0.5) is 11.5 Å². The molecule has 0 bridgehead atoms. The molecule has 1 fully saturated rings. The monoisotopic (exact) mass is 177 g/mol. The number of hydrogen-bond donors (Lipinski definition) is 2. The number of anilines is 2. The van der Waals surface area contributed by atoms with Crippen molar-refractivity contribution in [3.8, 4) is 0 Å². The molecule has 13 heavy (non-hydrogen) atoms. The number of nitrogen functional groups attached to an aromatic ring is 1. The molecule has 3 heteroatoms. The third kappa shape index (κ3) is 2.11. The van der Waals surface area contributed by atoms with Gasteiger partial charge < -0.3 is 11.1 Å². The Balaban J connectivity index is 1.87. The average Bonchev–Trinajstić information content (AvgIpc) is 2.79. The minimum absolute atomic E-state index is 0.578. The van der Waals surface area contributed by atoms with Crippen LogP contribution in [-0.4, -0.2) is 11.5 Å². The maximum atomic E-state index is 5.56. The van der Waals surface area contributed by atoms with Gasteiger partial charge >= 0.3 is 0 Å². The highest BCUT2D eigenvalue weighted by atomic mass is 14.9. The highest BCUT2D eigenvalue weighted by Gasteiger charge is 2.31. The van der Waals surface area contributed by atoms with Crippen LogP contribution in [0.2, 0.25) is 0 Å². The van der Waals surface area contributed by atoms with Crippen LogP contribution in [0.5, 0.6) is 0 Å². The molecule has 0 aromatic carbocycles. The lowest BCUT2D eigenvalue weighted by molar-refractivity contribution is 0.787. The minimum Gasteiger partial charge on any atom is -0.385 e. The van der Waals surface area contributed by atoms with E-state index in [1.54, 1.807) is 6.20 Å². The molecule has 3 nitrogen and oxygen atoms in total. The average molecular weight is 177 g/mol. The van der Waals surface area contributed by atoms with E-state index in [4.69, 9.17) is 5.73 Å². The Morgan fingerprint density at radius 3 is 3.08 bits per heavy atom. The summed E-state index contributed by atoms with van der Waals surface area (Å²) >= 11 is 0. The van der Waals surface area contributed by atoms with E-state index in [2.05, 4.69) is 17.2 Å². The molecular formula is C10H15N3. The fraction of sp³-hybridized carbons (Fsp3) is 0.500. The Morgan fingerprint density at radius 2 is 2.46 bits per heavy atom. The van der Waals surface area contributed by atoms with E-state index in [1.807, 2.05) is 12.1 Å². The van der Waals surface area contributed by atoms with Crippen molar-refractivity contribution < 1.29 is 0 Å². The van der Waals surface area contributed by atoms with Crippen LogP contribution >= 0.6 is 0 Å². The van der Waals surface area contributed by atoms with Gasteiger partial charge in [0.25, 0.3) is 0 Å². The van der Waals surface area contributed by atoms with Crippen molar-refractivity contribution in [1.29, 1.82) is 0 Å². The first-order valence-corrected chi connectivity index (χ1v) is 4.71. The van der Waals surface area contributed by atoms with Crippen LogP contribution in [0, 0.1) is 11.8 Å². The normalized spacial score (nSPS) is 25.6. The molecule has 1 aromatic rings. The summed E-state index contributed by atoms with van der Waals surface area (Å²) in [7, 11) is 0. The first kappa shape index (κ1) is 8.35. The van der Waals surface area contributed by atoms with Gasteiger partial charge in [-0.05, 0) is 24.3 Å². The van der Waals surface area contributed by atoms with Crippen molar-refractivity contribution in [3.63, 3.8) is 0 Å². The standard InChI is InChI=1S/C10H15N3/c1-7-4-8(7)6-13-9-2-3-12-10(11)5-9/h2-3,5,7-8H,4,6H2,1H3,(H3,11,12,13). The fourth-order valence-corrected chi connectivity index (χ4v) is 1.49. The van der Waals surface area contributed by atoms with Gasteiger partial charge in [0.15, 0.2) is 0 Å². The van der Waals surface area contributed by atoms with E-state index in [-0.39, 0.29) is 0 Å². The highest BCUT2D eigenvalue weighted by Crippen LogP contribution is 2.37. The van der Waals surface area contributed by atoms with Gasteiger partial charge in [-0.2, -0.15) is 0 Å². The van der Waals surface area contributed by atoms with Gasteiger partial charge in [-0.25, -0.2) is 4.98 Å². The first-order chi connectivity index (χ1) is 6.25. The van der Waals surface area contributed by atoms with E-state index in [0.717, 1.165) is 24.1 Å². The first-order valence-electron chi connectivity index (χ1n) is 4.71.